The van der Waals surface area contributed by atoms with Gasteiger partial charge < -0.3 is 5.73 Å². The van der Waals surface area contributed by atoms with Gasteiger partial charge in [-0.05, 0) is 25.0 Å². The lowest BCUT2D eigenvalue weighted by molar-refractivity contribution is 1.16. The summed E-state index contributed by atoms with van der Waals surface area (Å²) in [7, 11) is 0. The fourth-order valence-corrected chi connectivity index (χ4v) is 0.762. The highest BCUT2D eigenvalue weighted by atomic mass is 14.5. The van der Waals surface area contributed by atoms with Crippen LogP contribution in [0.4, 0.5) is 0 Å². The number of nitrogens with two attached hydrogens (primary N) is 1. The summed E-state index contributed by atoms with van der Waals surface area (Å²) in [6.07, 6.45) is 5.83. The van der Waals surface area contributed by atoms with Gasteiger partial charge in [0.25, 0.3) is 0 Å². The van der Waals surface area contributed by atoms with E-state index >= 15 is 0 Å². The van der Waals surface area contributed by atoms with Crippen molar-refractivity contribution in [3.8, 4) is 0 Å². The molecule has 0 heterocycles. The molecule has 0 unspecified atom stereocenters. The second-order valence-corrected chi connectivity index (χ2v) is 2.12. The highest BCUT2D eigenvalue weighted by Crippen LogP contribution is 2.04. The Kier molecular flexibility index (Phi) is 4.59. The van der Waals surface area contributed by atoms with Crippen molar-refractivity contribution in [1.29, 1.82) is 0 Å². The summed E-state index contributed by atoms with van der Waals surface area (Å²) >= 11 is 0. The molecule has 0 aromatic carbocycles. The Morgan fingerprint density at radius 2 is 2.20 bits per heavy atom. The number of rotatable bonds is 3. The molecule has 0 aromatic rings. The molecular formula is C9H15N. The maximum absolute atomic E-state index is 5.45. The number of allylic oxidation sites excluding steroid dienone is 3. The van der Waals surface area contributed by atoms with Gasteiger partial charge in [-0.2, -0.15) is 0 Å². The Morgan fingerprint density at radius 3 is 2.50 bits per heavy atom. The van der Waals surface area contributed by atoms with Crippen LogP contribution in [0.25, 0.3) is 0 Å². The summed E-state index contributed by atoms with van der Waals surface area (Å²) in [5.74, 6) is 0. The van der Waals surface area contributed by atoms with Gasteiger partial charge in [0.05, 0.1) is 0 Å². The van der Waals surface area contributed by atoms with Gasteiger partial charge in [-0.25, -0.2) is 0 Å². The summed E-state index contributed by atoms with van der Waals surface area (Å²) < 4.78 is 0. The zero-order chi connectivity index (χ0) is 7.98. The van der Waals surface area contributed by atoms with E-state index in [0.29, 0.717) is 6.54 Å². The van der Waals surface area contributed by atoms with Crippen molar-refractivity contribution < 1.29 is 0 Å². The second-order valence-electron chi connectivity index (χ2n) is 2.12. The fourth-order valence-electron chi connectivity index (χ4n) is 0.762. The first-order chi connectivity index (χ1) is 4.76. The smallest absolute Gasteiger partial charge is 0.0180 e. The maximum Gasteiger partial charge on any atom is 0.0180 e. The van der Waals surface area contributed by atoms with Gasteiger partial charge in [0, 0.05) is 6.54 Å². The average molecular weight is 137 g/mol. The first-order valence-corrected chi connectivity index (χ1v) is 3.41. The van der Waals surface area contributed by atoms with Crippen LogP contribution in [0, 0.1) is 0 Å². The fraction of sp³-hybridized carbons (Fsp3) is 0.333. The molecule has 0 fully saturated rings. The molecular weight excluding hydrogens is 122 g/mol. The summed E-state index contributed by atoms with van der Waals surface area (Å²) in [6.45, 7) is 8.25. The zero-order valence-electron chi connectivity index (χ0n) is 6.72. The molecule has 0 aliphatic rings. The molecule has 56 valence electrons. The molecule has 0 aliphatic heterocycles. The quantitative estimate of drug-likeness (QED) is 0.592. The van der Waals surface area contributed by atoms with Gasteiger partial charge >= 0.3 is 0 Å². The first kappa shape index (κ1) is 9.18. The van der Waals surface area contributed by atoms with Gasteiger partial charge in [0.1, 0.15) is 0 Å². The SMILES string of the molecule is C=C/C(CN)=C(C)\C=C/C. The average Bonchev–Trinajstić information content (AvgIpc) is 1.91. The van der Waals surface area contributed by atoms with Crippen molar-refractivity contribution >= 4 is 0 Å². The van der Waals surface area contributed by atoms with E-state index in [1.54, 1.807) is 6.08 Å². The lowest BCUT2D eigenvalue weighted by Gasteiger charge is -1.98. The summed E-state index contributed by atoms with van der Waals surface area (Å²) in [4.78, 5) is 0. The van der Waals surface area contributed by atoms with Crippen LogP contribution in [0.15, 0.2) is 36.0 Å². The Bertz CT molecular complexity index is 164. The van der Waals surface area contributed by atoms with Crippen molar-refractivity contribution in [2.75, 3.05) is 6.54 Å². The van der Waals surface area contributed by atoms with Crippen LogP contribution >= 0.6 is 0 Å². The number of hydrogen-bond acceptors (Lipinski definition) is 1. The molecule has 2 N–H and O–H groups in total. The second kappa shape index (κ2) is 5.00. The predicted molar refractivity (Wildman–Crippen MR) is 46.8 cm³/mol. The van der Waals surface area contributed by atoms with E-state index in [1.807, 2.05) is 26.0 Å². The van der Waals surface area contributed by atoms with Crippen LogP contribution in [0.2, 0.25) is 0 Å². The molecule has 1 nitrogen and oxygen atoms in total. The summed E-state index contributed by atoms with van der Waals surface area (Å²) in [5, 5.41) is 0. The molecule has 0 amide bonds. The maximum atomic E-state index is 5.45. The van der Waals surface area contributed by atoms with Crippen molar-refractivity contribution in [3.63, 3.8) is 0 Å². The molecule has 0 aliphatic carbocycles. The normalized spacial score (nSPS) is 13.5. The highest BCUT2D eigenvalue weighted by molar-refractivity contribution is 5.31. The lowest BCUT2D eigenvalue weighted by Crippen LogP contribution is -2.02. The van der Waals surface area contributed by atoms with Crippen LogP contribution in [0.1, 0.15) is 13.8 Å². The number of hydrogen-bond donors (Lipinski definition) is 1. The summed E-state index contributed by atoms with van der Waals surface area (Å²) in [6, 6.07) is 0. The van der Waals surface area contributed by atoms with Crippen molar-refractivity contribution in [3.05, 3.63) is 36.0 Å². The Hall–Kier alpha value is -0.820. The predicted octanol–water partition coefficient (Wildman–Crippen LogP) is 2.02. The zero-order valence-corrected chi connectivity index (χ0v) is 6.72. The standard InChI is InChI=1S/C9H15N/c1-4-6-8(3)9(5-2)7-10/h4-6H,2,7,10H2,1,3H3/b6-4-,9-8+. The molecule has 10 heavy (non-hydrogen) atoms. The van der Waals surface area contributed by atoms with E-state index in [1.165, 1.54) is 5.57 Å². The van der Waals surface area contributed by atoms with E-state index in [9.17, 15) is 0 Å². The lowest BCUT2D eigenvalue weighted by atomic mass is 10.1. The van der Waals surface area contributed by atoms with Gasteiger partial charge in [-0.15, -0.1) is 0 Å². The van der Waals surface area contributed by atoms with E-state index in [-0.39, 0.29) is 0 Å². The Balaban J connectivity index is 4.42. The molecule has 0 saturated carbocycles. The van der Waals surface area contributed by atoms with Crippen LogP contribution in [-0.2, 0) is 0 Å². The van der Waals surface area contributed by atoms with Crippen LogP contribution < -0.4 is 5.73 Å². The first-order valence-electron chi connectivity index (χ1n) is 3.41. The third kappa shape index (κ3) is 2.65. The third-order valence-corrected chi connectivity index (χ3v) is 1.39. The Morgan fingerprint density at radius 1 is 1.60 bits per heavy atom. The van der Waals surface area contributed by atoms with Crippen molar-refractivity contribution in [2.24, 2.45) is 5.73 Å². The van der Waals surface area contributed by atoms with E-state index in [0.717, 1.165) is 5.57 Å². The van der Waals surface area contributed by atoms with Crippen molar-refractivity contribution in [1.82, 2.24) is 0 Å². The van der Waals surface area contributed by atoms with Gasteiger partial charge in [-0.1, -0.05) is 24.8 Å². The molecule has 0 saturated heterocycles. The largest absolute Gasteiger partial charge is 0.326 e. The monoisotopic (exact) mass is 137 g/mol. The van der Waals surface area contributed by atoms with Crippen molar-refractivity contribution in [2.45, 2.75) is 13.8 Å². The van der Waals surface area contributed by atoms with E-state index in [4.69, 9.17) is 5.73 Å². The minimum Gasteiger partial charge on any atom is -0.326 e. The summed E-state index contributed by atoms with van der Waals surface area (Å²) in [5.41, 5.74) is 7.76. The molecule has 0 bridgehead atoms. The molecule has 0 radical (unpaired) electrons. The topological polar surface area (TPSA) is 26.0 Å². The molecule has 0 aromatic heterocycles. The van der Waals surface area contributed by atoms with E-state index in [2.05, 4.69) is 6.58 Å². The molecule has 0 atom stereocenters. The van der Waals surface area contributed by atoms with Gasteiger partial charge in [-0.3, -0.25) is 0 Å². The van der Waals surface area contributed by atoms with Gasteiger partial charge in [0.2, 0.25) is 0 Å². The highest BCUT2D eigenvalue weighted by Gasteiger charge is 1.89. The minimum absolute atomic E-state index is 0.569. The third-order valence-electron chi connectivity index (χ3n) is 1.39. The molecule has 0 spiro atoms. The van der Waals surface area contributed by atoms with Gasteiger partial charge in [0.15, 0.2) is 0 Å². The van der Waals surface area contributed by atoms with Crippen LogP contribution in [0.3, 0.4) is 0 Å². The minimum atomic E-state index is 0.569. The van der Waals surface area contributed by atoms with E-state index < -0.39 is 0 Å². The van der Waals surface area contributed by atoms with Crippen LogP contribution in [-0.4, -0.2) is 6.54 Å². The Labute approximate surface area is 62.9 Å². The molecule has 1 heteroatoms. The van der Waals surface area contributed by atoms with Crippen LogP contribution in [0.5, 0.6) is 0 Å². The molecule has 0 rings (SSSR count).